The lowest BCUT2D eigenvalue weighted by atomic mass is 9.91. The molecule has 0 aliphatic carbocycles. The molecule has 0 fully saturated rings. The van der Waals surface area contributed by atoms with E-state index >= 15 is 0 Å². The summed E-state index contributed by atoms with van der Waals surface area (Å²) in [6, 6.07) is 13.2. The highest BCUT2D eigenvalue weighted by Gasteiger charge is 2.46. The van der Waals surface area contributed by atoms with Gasteiger partial charge in [-0.25, -0.2) is 4.99 Å². The second-order valence-corrected chi connectivity index (χ2v) is 8.61. The van der Waals surface area contributed by atoms with Gasteiger partial charge in [-0.3, -0.25) is 9.69 Å². The van der Waals surface area contributed by atoms with Crippen molar-refractivity contribution in [3.63, 3.8) is 0 Å². The third-order valence-corrected chi connectivity index (χ3v) is 6.09. The van der Waals surface area contributed by atoms with Crippen LogP contribution in [0.3, 0.4) is 0 Å². The minimum atomic E-state index is -1.02. The van der Waals surface area contributed by atoms with Gasteiger partial charge in [0.1, 0.15) is 11.9 Å². The molecule has 2 aromatic carbocycles. The Labute approximate surface area is 177 Å². The molecule has 4 nitrogen and oxygen atoms in total. The molecule has 2 aromatic rings. The minimum absolute atomic E-state index is 0.0751. The predicted octanol–water partition coefficient (Wildman–Crippen LogP) is 5.65. The summed E-state index contributed by atoms with van der Waals surface area (Å²) >= 11 is 10.9. The Bertz CT molecular complexity index is 903. The Balaban J connectivity index is 2.00. The Morgan fingerprint density at radius 1 is 1.26 bits per heavy atom. The summed E-state index contributed by atoms with van der Waals surface area (Å²) in [5, 5.41) is 1.38. The third kappa shape index (κ3) is 3.89. The number of nitrogens with zero attached hydrogens (tertiary/aromatic N) is 2. The number of likely N-dealkylation sites (N-methyl/N-ethyl adjacent to an activating group) is 1. The van der Waals surface area contributed by atoms with Crippen LogP contribution in [0.4, 0.5) is 0 Å². The Morgan fingerprint density at radius 3 is 2.52 bits per heavy atom. The molecule has 0 N–H and O–H groups in total. The molecular formula is C20H20BrClN2O2S. The fourth-order valence-electron chi connectivity index (χ4n) is 3.06. The van der Waals surface area contributed by atoms with E-state index in [0.717, 1.165) is 15.6 Å². The van der Waals surface area contributed by atoms with Gasteiger partial charge in [0, 0.05) is 22.1 Å². The molecule has 3 rings (SSSR count). The van der Waals surface area contributed by atoms with E-state index < -0.39 is 5.54 Å². The highest BCUT2D eigenvalue weighted by atomic mass is 79.9. The zero-order chi connectivity index (χ0) is 19.8. The maximum atomic E-state index is 13.0. The number of carbonyl (C=O) groups excluding carboxylic acids is 1. The quantitative estimate of drug-likeness (QED) is 0.583. The van der Waals surface area contributed by atoms with E-state index in [-0.39, 0.29) is 12.0 Å². The summed E-state index contributed by atoms with van der Waals surface area (Å²) in [6.45, 7) is 3.80. The fraction of sp³-hybridized carbons (Fsp3) is 0.300. The lowest BCUT2D eigenvalue weighted by Crippen LogP contribution is -2.36. The number of carbonyl (C=O) groups is 1. The van der Waals surface area contributed by atoms with Gasteiger partial charge in [-0.15, -0.1) is 0 Å². The standard InChI is InChI=1S/C20H20BrClN2O2S/c1-12(13-5-8-15(22)9-6-13)26-17-10-7-14(21)11-16(17)20(2)18(25)24(3)19(23-20)27-4/h5-12H,1-4H3. The molecule has 7 heteroatoms. The van der Waals surface area contributed by atoms with E-state index in [0.29, 0.717) is 15.9 Å². The molecule has 2 atom stereocenters. The normalized spacial score (nSPS) is 20.6. The van der Waals surface area contributed by atoms with Crippen LogP contribution >= 0.6 is 39.3 Å². The summed E-state index contributed by atoms with van der Waals surface area (Å²) < 4.78 is 7.11. The molecule has 0 bridgehead atoms. The number of hydrogen-bond donors (Lipinski definition) is 0. The number of amides is 1. The largest absolute Gasteiger partial charge is 0.486 e. The summed E-state index contributed by atoms with van der Waals surface area (Å²) in [4.78, 5) is 19.3. The van der Waals surface area contributed by atoms with Crippen molar-refractivity contribution in [2.45, 2.75) is 25.5 Å². The van der Waals surface area contributed by atoms with Crippen molar-refractivity contribution in [1.29, 1.82) is 0 Å². The SMILES string of the molecule is CSC1=NC(C)(c2cc(Br)ccc2OC(C)c2ccc(Cl)cc2)C(=O)N1C. The van der Waals surface area contributed by atoms with Crippen molar-refractivity contribution in [3.8, 4) is 5.75 Å². The number of rotatable bonds is 4. The molecule has 1 heterocycles. The average Bonchev–Trinajstić information content (AvgIpc) is 2.88. The van der Waals surface area contributed by atoms with E-state index in [4.69, 9.17) is 21.3 Å². The predicted molar refractivity (Wildman–Crippen MR) is 116 cm³/mol. The number of aliphatic imine (C=N–C) groups is 1. The number of thioether (sulfide) groups is 1. The van der Waals surface area contributed by atoms with Gasteiger partial charge < -0.3 is 4.74 Å². The Hall–Kier alpha value is -1.50. The number of ether oxygens (including phenoxy) is 1. The second-order valence-electron chi connectivity index (χ2n) is 6.49. The van der Waals surface area contributed by atoms with Gasteiger partial charge in [-0.1, -0.05) is 51.4 Å². The first-order chi connectivity index (χ1) is 12.8. The molecule has 1 aliphatic rings. The highest BCUT2D eigenvalue weighted by molar-refractivity contribution is 9.10. The van der Waals surface area contributed by atoms with Crippen LogP contribution in [0.1, 0.15) is 31.1 Å². The van der Waals surface area contributed by atoms with Crippen LogP contribution in [0.2, 0.25) is 5.02 Å². The van der Waals surface area contributed by atoms with Crippen molar-refractivity contribution < 1.29 is 9.53 Å². The molecule has 27 heavy (non-hydrogen) atoms. The zero-order valence-electron chi connectivity index (χ0n) is 15.5. The lowest BCUT2D eigenvalue weighted by molar-refractivity contribution is -0.130. The molecule has 0 aromatic heterocycles. The van der Waals surface area contributed by atoms with E-state index in [1.165, 1.54) is 11.8 Å². The molecule has 0 saturated heterocycles. The first kappa shape index (κ1) is 20.2. The second kappa shape index (κ2) is 7.86. The van der Waals surface area contributed by atoms with Crippen molar-refractivity contribution in [2.75, 3.05) is 13.3 Å². The number of benzene rings is 2. The topological polar surface area (TPSA) is 41.9 Å². The van der Waals surface area contributed by atoms with Crippen LogP contribution in [-0.4, -0.2) is 29.3 Å². The average molecular weight is 468 g/mol. The molecule has 2 unspecified atom stereocenters. The molecule has 142 valence electrons. The molecule has 1 aliphatic heterocycles. The summed E-state index contributed by atoms with van der Waals surface area (Å²) in [5.74, 6) is 0.560. The summed E-state index contributed by atoms with van der Waals surface area (Å²) in [7, 11) is 1.75. The van der Waals surface area contributed by atoms with E-state index in [9.17, 15) is 4.79 Å². The number of amidine groups is 1. The lowest BCUT2D eigenvalue weighted by Gasteiger charge is -2.25. The van der Waals surface area contributed by atoms with Crippen LogP contribution in [0.5, 0.6) is 5.75 Å². The van der Waals surface area contributed by atoms with Crippen LogP contribution in [0.15, 0.2) is 51.9 Å². The van der Waals surface area contributed by atoms with Crippen molar-refractivity contribution >= 4 is 50.4 Å². The van der Waals surface area contributed by atoms with Gasteiger partial charge in [0.15, 0.2) is 10.7 Å². The minimum Gasteiger partial charge on any atom is -0.486 e. The maximum Gasteiger partial charge on any atom is 0.260 e. The maximum absolute atomic E-state index is 13.0. The van der Waals surface area contributed by atoms with Gasteiger partial charge in [-0.05, 0) is 56.0 Å². The van der Waals surface area contributed by atoms with E-state index in [1.807, 2.05) is 62.6 Å². The van der Waals surface area contributed by atoms with Gasteiger partial charge in [0.05, 0.1) is 0 Å². The van der Waals surface area contributed by atoms with Crippen LogP contribution in [-0.2, 0) is 10.3 Å². The third-order valence-electron chi connectivity index (χ3n) is 4.62. The summed E-state index contributed by atoms with van der Waals surface area (Å²) in [5.41, 5.74) is 0.714. The monoisotopic (exact) mass is 466 g/mol. The first-order valence-electron chi connectivity index (χ1n) is 8.40. The van der Waals surface area contributed by atoms with E-state index in [1.54, 1.807) is 11.9 Å². The van der Waals surface area contributed by atoms with Gasteiger partial charge >= 0.3 is 0 Å². The molecule has 0 spiro atoms. The zero-order valence-corrected chi connectivity index (χ0v) is 18.7. The van der Waals surface area contributed by atoms with Crippen molar-refractivity contribution in [1.82, 2.24) is 4.90 Å². The van der Waals surface area contributed by atoms with Gasteiger partial charge in [-0.2, -0.15) is 0 Å². The Morgan fingerprint density at radius 2 is 1.93 bits per heavy atom. The van der Waals surface area contributed by atoms with Crippen LogP contribution < -0.4 is 4.74 Å². The van der Waals surface area contributed by atoms with Crippen molar-refractivity contribution in [3.05, 3.63) is 63.1 Å². The Kier molecular flexibility index (Phi) is 5.89. The molecule has 0 saturated carbocycles. The number of halogens is 2. The van der Waals surface area contributed by atoms with Gasteiger partial charge in [0.2, 0.25) is 0 Å². The first-order valence-corrected chi connectivity index (χ1v) is 10.8. The molecule has 1 amide bonds. The fourth-order valence-corrected chi connectivity index (χ4v) is 4.18. The van der Waals surface area contributed by atoms with Crippen LogP contribution in [0, 0.1) is 0 Å². The van der Waals surface area contributed by atoms with Crippen LogP contribution in [0.25, 0.3) is 0 Å². The van der Waals surface area contributed by atoms with Crippen molar-refractivity contribution in [2.24, 2.45) is 4.99 Å². The smallest absolute Gasteiger partial charge is 0.260 e. The summed E-state index contributed by atoms with van der Waals surface area (Å²) in [6.07, 6.45) is 1.71. The highest BCUT2D eigenvalue weighted by Crippen LogP contribution is 2.41. The molecule has 0 radical (unpaired) electrons. The van der Waals surface area contributed by atoms with Gasteiger partial charge in [0.25, 0.3) is 5.91 Å². The molecular weight excluding hydrogens is 448 g/mol. The van der Waals surface area contributed by atoms with E-state index in [2.05, 4.69) is 15.9 Å². The number of hydrogen-bond acceptors (Lipinski definition) is 4.